The average molecular weight is 450 g/mol. The maximum Gasteiger partial charge on any atom is 0.264 e. The van der Waals surface area contributed by atoms with E-state index in [9.17, 15) is 4.79 Å². The summed E-state index contributed by atoms with van der Waals surface area (Å²) in [7, 11) is 0. The Bertz CT molecular complexity index is 910. The van der Waals surface area contributed by atoms with E-state index in [0.717, 1.165) is 21.5 Å². The number of halogens is 2. The van der Waals surface area contributed by atoms with Crippen LogP contribution in [0.5, 0.6) is 5.75 Å². The first-order valence-electron chi connectivity index (χ1n) is 7.63. The first kappa shape index (κ1) is 18.8. The molecule has 2 aromatic rings. The first-order chi connectivity index (χ1) is 12.5. The van der Waals surface area contributed by atoms with E-state index in [-0.39, 0.29) is 5.91 Å². The molecular weight excluding hydrogens is 436 g/mol. The van der Waals surface area contributed by atoms with E-state index >= 15 is 0 Å². The van der Waals surface area contributed by atoms with Crippen molar-refractivity contribution in [2.75, 3.05) is 6.61 Å². The summed E-state index contributed by atoms with van der Waals surface area (Å²) in [6.45, 7) is 4.06. The predicted octanol–water partition coefficient (Wildman–Crippen LogP) is 5.56. The Morgan fingerprint density at radius 1 is 1.27 bits per heavy atom. The smallest absolute Gasteiger partial charge is 0.264 e. The number of rotatable bonds is 5. The van der Waals surface area contributed by atoms with Crippen LogP contribution in [-0.4, -0.2) is 17.7 Å². The Morgan fingerprint density at radius 3 is 2.73 bits per heavy atom. The molecule has 3 rings (SSSR count). The van der Waals surface area contributed by atoms with Gasteiger partial charge in [-0.1, -0.05) is 30.3 Å². The average Bonchev–Trinajstić information content (AvgIpc) is 2.95. The zero-order valence-electron chi connectivity index (χ0n) is 13.5. The lowest BCUT2D eigenvalue weighted by atomic mass is 10.2. The second-order valence-corrected chi connectivity index (χ2v) is 7.57. The quantitative estimate of drug-likeness (QED) is 0.480. The molecule has 1 N–H and O–H groups in total. The number of aliphatic imine (C=N–C) groups is 1. The van der Waals surface area contributed by atoms with E-state index in [4.69, 9.17) is 16.3 Å². The van der Waals surface area contributed by atoms with Gasteiger partial charge in [-0.05, 0) is 75.7 Å². The molecule has 1 aliphatic rings. The highest BCUT2D eigenvalue weighted by molar-refractivity contribution is 9.10. The number of ether oxygens (including phenoxy) is 1. The number of thioether (sulfide) groups is 1. The van der Waals surface area contributed by atoms with Crippen LogP contribution in [0.2, 0.25) is 5.02 Å². The third-order valence-electron chi connectivity index (χ3n) is 3.32. The van der Waals surface area contributed by atoms with Crippen LogP contribution in [0.1, 0.15) is 5.56 Å². The zero-order valence-corrected chi connectivity index (χ0v) is 16.7. The van der Waals surface area contributed by atoms with Gasteiger partial charge in [0, 0.05) is 5.02 Å². The third-order valence-corrected chi connectivity index (χ3v) is 5.10. The molecule has 26 heavy (non-hydrogen) atoms. The molecule has 132 valence electrons. The lowest BCUT2D eigenvalue weighted by molar-refractivity contribution is -0.115. The molecule has 0 unspecified atom stereocenters. The van der Waals surface area contributed by atoms with Crippen molar-refractivity contribution in [2.45, 2.75) is 0 Å². The molecule has 7 heteroatoms. The molecule has 0 atom stereocenters. The molecule has 0 radical (unpaired) electrons. The maximum atomic E-state index is 12.2. The first-order valence-corrected chi connectivity index (χ1v) is 9.62. The van der Waals surface area contributed by atoms with Gasteiger partial charge in [0.15, 0.2) is 5.17 Å². The largest absolute Gasteiger partial charge is 0.488 e. The number of carbonyl (C=O) groups is 1. The minimum atomic E-state index is -0.175. The second kappa shape index (κ2) is 8.58. The fourth-order valence-corrected chi connectivity index (χ4v) is 3.62. The maximum absolute atomic E-state index is 12.2. The summed E-state index contributed by atoms with van der Waals surface area (Å²) < 4.78 is 6.34. The van der Waals surface area contributed by atoms with Crippen molar-refractivity contribution in [1.82, 2.24) is 5.32 Å². The Labute approximate surface area is 169 Å². The van der Waals surface area contributed by atoms with Gasteiger partial charge in [-0.3, -0.25) is 4.79 Å². The molecule has 1 aliphatic heterocycles. The number of hydrogen-bond acceptors (Lipinski definition) is 4. The van der Waals surface area contributed by atoms with Gasteiger partial charge in [0.2, 0.25) is 0 Å². The molecule has 2 aromatic carbocycles. The summed E-state index contributed by atoms with van der Waals surface area (Å²) >= 11 is 10.6. The van der Waals surface area contributed by atoms with Crippen molar-refractivity contribution in [3.63, 3.8) is 0 Å². The number of amides is 1. The fraction of sp³-hybridized carbons (Fsp3) is 0.0526. The minimum Gasteiger partial charge on any atom is -0.488 e. The number of nitrogens with zero attached hydrogens (tertiary/aromatic N) is 1. The van der Waals surface area contributed by atoms with Crippen molar-refractivity contribution in [2.24, 2.45) is 4.99 Å². The Kier molecular flexibility index (Phi) is 6.19. The summed E-state index contributed by atoms with van der Waals surface area (Å²) in [5.74, 6) is 0.548. The number of hydrogen-bond donors (Lipinski definition) is 1. The molecule has 0 aliphatic carbocycles. The number of amidine groups is 1. The van der Waals surface area contributed by atoms with E-state index in [1.165, 1.54) is 11.8 Å². The molecular formula is C19H14BrClN2O2S. The molecule has 1 saturated heterocycles. The molecule has 0 saturated carbocycles. The highest BCUT2D eigenvalue weighted by Crippen LogP contribution is 2.31. The van der Waals surface area contributed by atoms with Crippen LogP contribution in [0.15, 0.2) is 69.5 Å². The number of benzene rings is 2. The van der Waals surface area contributed by atoms with Crippen LogP contribution in [0.4, 0.5) is 5.69 Å². The van der Waals surface area contributed by atoms with Gasteiger partial charge in [0.05, 0.1) is 15.1 Å². The van der Waals surface area contributed by atoms with Crippen molar-refractivity contribution in [3.8, 4) is 5.75 Å². The van der Waals surface area contributed by atoms with Gasteiger partial charge >= 0.3 is 0 Å². The standard InChI is InChI=1S/C19H14BrClN2O2S/c1-2-9-25-16-8-3-12(10-15(16)20)11-17-18(24)23-19(26-17)22-14-6-4-13(21)5-7-14/h2-8,10-11H,1,9H2,(H,22,23,24)/b17-11-. The molecule has 1 amide bonds. The van der Waals surface area contributed by atoms with Crippen LogP contribution in [0.25, 0.3) is 6.08 Å². The summed E-state index contributed by atoms with van der Waals surface area (Å²) in [6.07, 6.45) is 3.50. The van der Waals surface area contributed by atoms with Crippen molar-refractivity contribution in [1.29, 1.82) is 0 Å². The number of carbonyl (C=O) groups excluding carboxylic acids is 1. The number of nitrogens with one attached hydrogen (secondary N) is 1. The Hall–Kier alpha value is -2.02. The SMILES string of the molecule is C=CCOc1ccc(/C=C2\SC(=Nc3ccc(Cl)cc3)NC2=O)cc1Br. The highest BCUT2D eigenvalue weighted by atomic mass is 79.9. The lowest BCUT2D eigenvalue weighted by Crippen LogP contribution is -2.19. The van der Waals surface area contributed by atoms with E-state index in [1.807, 2.05) is 24.3 Å². The van der Waals surface area contributed by atoms with Crippen LogP contribution >= 0.6 is 39.3 Å². The van der Waals surface area contributed by atoms with Crippen LogP contribution < -0.4 is 10.1 Å². The molecule has 0 spiro atoms. The van der Waals surface area contributed by atoms with Gasteiger partial charge in [0.25, 0.3) is 5.91 Å². The molecule has 1 heterocycles. The lowest BCUT2D eigenvalue weighted by Gasteiger charge is -2.06. The normalized spacial score (nSPS) is 16.8. The third kappa shape index (κ3) is 4.78. The predicted molar refractivity (Wildman–Crippen MR) is 112 cm³/mol. The zero-order chi connectivity index (χ0) is 18.5. The van der Waals surface area contributed by atoms with Gasteiger partial charge < -0.3 is 10.1 Å². The van der Waals surface area contributed by atoms with E-state index in [1.54, 1.807) is 30.3 Å². The van der Waals surface area contributed by atoms with E-state index in [0.29, 0.717) is 21.7 Å². The Balaban J connectivity index is 1.77. The topological polar surface area (TPSA) is 50.7 Å². The monoisotopic (exact) mass is 448 g/mol. The van der Waals surface area contributed by atoms with Crippen LogP contribution in [-0.2, 0) is 4.79 Å². The summed E-state index contributed by atoms with van der Waals surface area (Å²) in [5.41, 5.74) is 1.61. The van der Waals surface area contributed by atoms with Gasteiger partial charge in [-0.15, -0.1) is 0 Å². The van der Waals surface area contributed by atoms with Crippen molar-refractivity contribution >= 4 is 62.1 Å². The van der Waals surface area contributed by atoms with Crippen molar-refractivity contribution < 1.29 is 9.53 Å². The fourth-order valence-electron chi connectivity index (χ4n) is 2.14. The van der Waals surface area contributed by atoms with E-state index < -0.39 is 0 Å². The van der Waals surface area contributed by atoms with Gasteiger partial charge in [-0.25, -0.2) is 4.99 Å². The highest BCUT2D eigenvalue weighted by Gasteiger charge is 2.23. The van der Waals surface area contributed by atoms with Gasteiger partial charge in [-0.2, -0.15) is 0 Å². The van der Waals surface area contributed by atoms with Crippen LogP contribution in [0, 0.1) is 0 Å². The molecule has 0 bridgehead atoms. The van der Waals surface area contributed by atoms with E-state index in [2.05, 4.69) is 32.8 Å². The molecule has 4 nitrogen and oxygen atoms in total. The van der Waals surface area contributed by atoms with Crippen LogP contribution in [0.3, 0.4) is 0 Å². The summed E-state index contributed by atoms with van der Waals surface area (Å²) in [6, 6.07) is 12.7. The second-order valence-electron chi connectivity index (χ2n) is 5.25. The summed E-state index contributed by atoms with van der Waals surface area (Å²) in [4.78, 5) is 17.2. The summed E-state index contributed by atoms with van der Waals surface area (Å²) in [5, 5.41) is 3.94. The molecule has 1 fully saturated rings. The minimum absolute atomic E-state index is 0.175. The Morgan fingerprint density at radius 2 is 2.04 bits per heavy atom. The van der Waals surface area contributed by atoms with Crippen molar-refractivity contribution in [3.05, 3.63) is 75.1 Å². The van der Waals surface area contributed by atoms with Gasteiger partial charge in [0.1, 0.15) is 12.4 Å². The molecule has 0 aromatic heterocycles.